The number of rotatable bonds is 5. The van der Waals surface area contributed by atoms with Gasteiger partial charge < -0.3 is 14.2 Å². The molecule has 5 heteroatoms. The minimum atomic E-state index is -0.208. The van der Waals surface area contributed by atoms with Gasteiger partial charge >= 0.3 is 0 Å². The van der Waals surface area contributed by atoms with Crippen molar-refractivity contribution in [2.75, 3.05) is 13.7 Å². The van der Waals surface area contributed by atoms with Crippen LogP contribution in [0.3, 0.4) is 0 Å². The Hall–Kier alpha value is -2.79. The van der Waals surface area contributed by atoms with Gasteiger partial charge in [-0.15, -0.1) is 0 Å². The fourth-order valence-corrected chi connectivity index (χ4v) is 3.18. The van der Waals surface area contributed by atoms with Gasteiger partial charge in [-0.05, 0) is 49.7 Å². The smallest absolute Gasteiger partial charge is 0.200 e. The maximum absolute atomic E-state index is 6.03. The van der Waals surface area contributed by atoms with Gasteiger partial charge in [-0.3, -0.25) is 0 Å². The summed E-state index contributed by atoms with van der Waals surface area (Å²) in [6.07, 6.45) is 1.71. The number of aryl methyl sites for hydroxylation is 1. The first-order valence-electron chi connectivity index (χ1n) is 8.83. The summed E-state index contributed by atoms with van der Waals surface area (Å²) in [5.41, 5.74) is 4.01. The SMILES string of the molecule is COc1ccc(-c2cc(C)nn2-c2ccccc2)cc1O[C@H]1CCCO1. The topological polar surface area (TPSA) is 45.5 Å². The molecule has 0 aliphatic carbocycles. The zero-order valence-corrected chi connectivity index (χ0v) is 15.0. The van der Waals surface area contributed by atoms with Crippen LogP contribution in [0.5, 0.6) is 11.5 Å². The number of methoxy groups -OCH3 is 1. The second kappa shape index (κ2) is 7.22. The Balaban J connectivity index is 1.74. The van der Waals surface area contributed by atoms with Gasteiger partial charge in [0.15, 0.2) is 17.8 Å². The van der Waals surface area contributed by atoms with E-state index in [2.05, 4.69) is 11.2 Å². The van der Waals surface area contributed by atoms with E-state index in [-0.39, 0.29) is 6.29 Å². The molecule has 1 aromatic heterocycles. The number of aromatic nitrogens is 2. The molecule has 0 radical (unpaired) electrons. The molecule has 5 nitrogen and oxygen atoms in total. The van der Waals surface area contributed by atoms with Crippen LogP contribution in [0, 0.1) is 6.92 Å². The number of para-hydroxylation sites is 1. The Kier molecular flexibility index (Phi) is 4.63. The van der Waals surface area contributed by atoms with Crippen LogP contribution in [0.4, 0.5) is 0 Å². The summed E-state index contributed by atoms with van der Waals surface area (Å²) in [5.74, 6) is 1.39. The predicted octanol–water partition coefficient (Wildman–Crippen LogP) is 4.37. The van der Waals surface area contributed by atoms with Crippen molar-refractivity contribution in [2.24, 2.45) is 0 Å². The van der Waals surface area contributed by atoms with Gasteiger partial charge in [0.25, 0.3) is 0 Å². The molecular weight excluding hydrogens is 328 g/mol. The molecule has 2 aromatic carbocycles. The summed E-state index contributed by atoms with van der Waals surface area (Å²) < 4.78 is 19.1. The van der Waals surface area contributed by atoms with E-state index in [4.69, 9.17) is 14.2 Å². The van der Waals surface area contributed by atoms with Crippen molar-refractivity contribution in [3.8, 4) is 28.4 Å². The van der Waals surface area contributed by atoms with Crippen LogP contribution in [0.25, 0.3) is 16.9 Å². The highest BCUT2D eigenvalue weighted by molar-refractivity contribution is 5.66. The second-order valence-corrected chi connectivity index (χ2v) is 6.34. The molecule has 134 valence electrons. The lowest BCUT2D eigenvalue weighted by Crippen LogP contribution is -2.14. The first-order valence-corrected chi connectivity index (χ1v) is 8.83. The van der Waals surface area contributed by atoms with Gasteiger partial charge in [-0.2, -0.15) is 5.10 Å². The summed E-state index contributed by atoms with van der Waals surface area (Å²) in [6, 6.07) is 18.1. The van der Waals surface area contributed by atoms with Crippen molar-refractivity contribution < 1.29 is 14.2 Å². The molecule has 0 N–H and O–H groups in total. The van der Waals surface area contributed by atoms with Crippen molar-refractivity contribution in [1.82, 2.24) is 9.78 Å². The molecule has 0 bridgehead atoms. The Morgan fingerprint density at radius 3 is 2.65 bits per heavy atom. The highest BCUT2D eigenvalue weighted by Crippen LogP contribution is 2.35. The largest absolute Gasteiger partial charge is 0.493 e. The average molecular weight is 350 g/mol. The first-order chi connectivity index (χ1) is 12.7. The summed E-state index contributed by atoms with van der Waals surface area (Å²) in [4.78, 5) is 0. The summed E-state index contributed by atoms with van der Waals surface area (Å²) in [7, 11) is 1.65. The van der Waals surface area contributed by atoms with Gasteiger partial charge in [0.05, 0.1) is 30.8 Å². The van der Waals surface area contributed by atoms with Gasteiger partial charge in [0.2, 0.25) is 0 Å². The van der Waals surface area contributed by atoms with Gasteiger partial charge in [-0.25, -0.2) is 4.68 Å². The van der Waals surface area contributed by atoms with E-state index in [0.717, 1.165) is 42.1 Å². The number of ether oxygens (including phenoxy) is 3. The highest BCUT2D eigenvalue weighted by Gasteiger charge is 2.20. The molecule has 3 aromatic rings. The van der Waals surface area contributed by atoms with E-state index in [1.807, 2.05) is 60.1 Å². The Morgan fingerprint density at radius 2 is 1.92 bits per heavy atom. The van der Waals surface area contributed by atoms with Crippen LogP contribution in [-0.2, 0) is 4.74 Å². The lowest BCUT2D eigenvalue weighted by molar-refractivity contribution is -0.0402. The van der Waals surface area contributed by atoms with E-state index >= 15 is 0 Å². The molecule has 1 aliphatic heterocycles. The first kappa shape index (κ1) is 16.7. The molecule has 4 rings (SSSR count). The molecule has 2 heterocycles. The Labute approximate surface area is 153 Å². The third kappa shape index (κ3) is 3.30. The van der Waals surface area contributed by atoms with Crippen LogP contribution < -0.4 is 9.47 Å². The third-order valence-electron chi connectivity index (χ3n) is 4.44. The molecule has 1 atom stereocenters. The van der Waals surface area contributed by atoms with Crippen molar-refractivity contribution >= 4 is 0 Å². The zero-order valence-electron chi connectivity index (χ0n) is 15.0. The molecule has 0 saturated carbocycles. The predicted molar refractivity (Wildman–Crippen MR) is 99.9 cm³/mol. The highest BCUT2D eigenvalue weighted by atomic mass is 16.7. The van der Waals surface area contributed by atoms with Crippen LogP contribution in [-0.4, -0.2) is 29.8 Å². The van der Waals surface area contributed by atoms with Crippen LogP contribution in [0.15, 0.2) is 54.6 Å². The average Bonchev–Trinajstić information content (AvgIpc) is 3.32. The van der Waals surface area contributed by atoms with Gasteiger partial charge in [0, 0.05) is 12.0 Å². The number of hydrogen-bond donors (Lipinski definition) is 0. The van der Waals surface area contributed by atoms with Gasteiger partial charge in [0.1, 0.15) is 0 Å². The van der Waals surface area contributed by atoms with E-state index in [1.54, 1.807) is 7.11 Å². The summed E-state index contributed by atoms with van der Waals surface area (Å²) in [6.45, 7) is 2.74. The fraction of sp³-hybridized carbons (Fsp3) is 0.286. The maximum atomic E-state index is 6.03. The molecular formula is C21H22N2O3. The quantitative estimate of drug-likeness (QED) is 0.685. The van der Waals surface area contributed by atoms with E-state index < -0.39 is 0 Å². The minimum absolute atomic E-state index is 0.208. The fourth-order valence-electron chi connectivity index (χ4n) is 3.18. The third-order valence-corrected chi connectivity index (χ3v) is 4.44. The Morgan fingerprint density at radius 1 is 1.08 bits per heavy atom. The van der Waals surface area contributed by atoms with Crippen molar-refractivity contribution in [1.29, 1.82) is 0 Å². The second-order valence-electron chi connectivity index (χ2n) is 6.34. The number of benzene rings is 2. The van der Waals surface area contributed by atoms with Crippen molar-refractivity contribution in [3.05, 3.63) is 60.3 Å². The standard InChI is InChI=1S/C21H22N2O3/c1-15-13-18(23(22-15)17-7-4-3-5-8-17)16-10-11-19(24-2)20(14-16)26-21-9-6-12-25-21/h3-5,7-8,10-11,13-14,21H,6,9,12H2,1-2H3/t21-/m0/s1. The molecule has 0 amide bonds. The van der Waals surface area contributed by atoms with E-state index in [0.29, 0.717) is 11.5 Å². The molecule has 1 aliphatic rings. The van der Waals surface area contributed by atoms with E-state index in [1.165, 1.54) is 0 Å². The minimum Gasteiger partial charge on any atom is -0.493 e. The van der Waals surface area contributed by atoms with Crippen molar-refractivity contribution in [2.45, 2.75) is 26.1 Å². The lowest BCUT2D eigenvalue weighted by atomic mass is 10.1. The maximum Gasteiger partial charge on any atom is 0.200 e. The van der Waals surface area contributed by atoms with Crippen LogP contribution in [0.1, 0.15) is 18.5 Å². The number of hydrogen-bond acceptors (Lipinski definition) is 4. The van der Waals surface area contributed by atoms with Gasteiger partial charge in [-0.1, -0.05) is 18.2 Å². The normalized spacial score (nSPS) is 16.6. The lowest BCUT2D eigenvalue weighted by Gasteiger charge is -2.17. The molecule has 26 heavy (non-hydrogen) atoms. The van der Waals surface area contributed by atoms with Crippen LogP contribution >= 0.6 is 0 Å². The zero-order chi connectivity index (χ0) is 17.9. The summed E-state index contributed by atoms with van der Waals surface area (Å²) >= 11 is 0. The van der Waals surface area contributed by atoms with Crippen molar-refractivity contribution in [3.63, 3.8) is 0 Å². The molecule has 1 fully saturated rings. The number of nitrogens with zero attached hydrogens (tertiary/aromatic N) is 2. The van der Waals surface area contributed by atoms with Crippen LogP contribution in [0.2, 0.25) is 0 Å². The van der Waals surface area contributed by atoms with E-state index in [9.17, 15) is 0 Å². The Bertz CT molecular complexity index is 884. The monoisotopic (exact) mass is 350 g/mol. The molecule has 0 unspecified atom stereocenters. The molecule has 1 saturated heterocycles. The molecule has 0 spiro atoms. The summed E-state index contributed by atoms with van der Waals surface area (Å²) in [5, 5.41) is 4.65.